The maximum atomic E-state index is 13.5. The number of benzene rings is 2. The van der Waals surface area contributed by atoms with Crippen molar-refractivity contribution in [3.8, 4) is 22.9 Å². The number of fused-ring (bicyclic) bond motifs is 1. The van der Waals surface area contributed by atoms with E-state index in [0.29, 0.717) is 22.9 Å². The summed E-state index contributed by atoms with van der Waals surface area (Å²) in [6.07, 6.45) is 0. The fourth-order valence-electron chi connectivity index (χ4n) is 3.41. The van der Waals surface area contributed by atoms with Gasteiger partial charge in [-0.25, -0.2) is 4.79 Å². The molecule has 2 aromatic heterocycles. The molecule has 11 heteroatoms. The molecule has 0 fully saturated rings. The second kappa shape index (κ2) is 10.9. The summed E-state index contributed by atoms with van der Waals surface area (Å²) in [5.74, 6) is 0.385. The Bertz CT molecular complexity index is 1480. The van der Waals surface area contributed by atoms with Crippen LogP contribution in [0.3, 0.4) is 0 Å². The molecule has 0 saturated carbocycles. The molecule has 36 heavy (non-hydrogen) atoms. The van der Waals surface area contributed by atoms with Gasteiger partial charge < -0.3 is 24.3 Å². The van der Waals surface area contributed by atoms with Gasteiger partial charge in [0, 0.05) is 22.9 Å². The summed E-state index contributed by atoms with van der Waals surface area (Å²) in [5, 5.41) is 9.26. The molecule has 1 amide bonds. The Labute approximate surface area is 210 Å². The van der Waals surface area contributed by atoms with Crippen LogP contribution in [0, 0.1) is 0 Å². The van der Waals surface area contributed by atoms with Crippen molar-refractivity contribution in [1.82, 2.24) is 9.78 Å². The van der Waals surface area contributed by atoms with Crippen molar-refractivity contribution in [3.63, 3.8) is 0 Å². The van der Waals surface area contributed by atoms with Crippen LogP contribution in [0.2, 0.25) is 0 Å². The van der Waals surface area contributed by atoms with Gasteiger partial charge in [-0.1, -0.05) is 12.1 Å². The first kappa shape index (κ1) is 24.7. The van der Waals surface area contributed by atoms with Crippen molar-refractivity contribution in [3.05, 3.63) is 70.0 Å². The van der Waals surface area contributed by atoms with E-state index < -0.39 is 17.4 Å². The summed E-state index contributed by atoms with van der Waals surface area (Å²) in [6, 6.07) is 13.5. The molecule has 0 aliphatic rings. The van der Waals surface area contributed by atoms with E-state index in [1.807, 2.05) is 0 Å². The number of esters is 1. The van der Waals surface area contributed by atoms with Gasteiger partial charge in [0.25, 0.3) is 11.5 Å². The minimum atomic E-state index is -0.684. The number of anilines is 1. The normalized spacial score (nSPS) is 10.6. The lowest BCUT2D eigenvalue weighted by Gasteiger charge is -2.11. The van der Waals surface area contributed by atoms with E-state index in [2.05, 4.69) is 10.4 Å². The van der Waals surface area contributed by atoms with E-state index in [1.54, 1.807) is 60.8 Å². The van der Waals surface area contributed by atoms with Crippen molar-refractivity contribution in [2.45, 2.75) is 6.92 Å². The highest BCUT2D eigenvalue weighted by molar-refractivity contribution is 7.16. The van der Waals surface area contributed by atoms with Gasteiger partial charge in [-0.3, -0.25) is 9.59 Å². The summed E-state index contributed by atoms with van der Waals surface area (Å²) < 4.78 is 22.2. The minimum Gasteiger partial charge on any atom is -0.497 e. The Hall–Kier alpha value is -4.38. The largest absolute Gasteiger partial charge is 0.497 e. The van der Waals surface area contributed by atoms with Crippen LogP contribution in [-0.4, -0.2) is 49.1 Å². The molecule has 4 aromatic rings. The second-order valence-electron chi connectivity index (χ2n) is 7.36. The van der Waals surface area contributed by atoms with E-state index >= 15 is 0 Å². The number of rotatable bonds is 9. The second-order valence-corrected chi connectivity index (χ2v) is 8.24. The van der Waals surface area contributed by atoms with Gasteiger partial charge in [0.15, 0.2) is 12.3 Å². The number of hydrogen-bond donors (Lipinski definition) is 1. The Morgan fingerprint density at radius 2 is 1.72 bits per heavy atom. The minimum absolute atomic E-state index is 0.0429. The Morgan fingerprint density at radius 1 is 1.03 bits per heavy atom. The van der Waals surface area contributed by atoms with E-state index in [1.165, 1.54) is 14.2 Å². The van der Waals surface area contributed by atoms with Crippen LogP contribution >= 0.6 is 11.3 Å². The molecule has 0 saturated heterocycles. The quantitative estimate of drug-likeness (QED) is 0.340. The smallest absolute Gasteiger partial charge is 0.359 e. The highest BCUT2D eigenvalue weighted by atomic mass is 32.1. The van der Waals surface area contributed by atoms with Crippen LogP contribution in [0.25, 0.3) is 16.5 Å². The van der Waals surface area contributed by atoms with Crippen LogP contribution < -0.4 is 25.1 Å². The first-order valence-corrected chi connectivity index (χ1v) is 11.8. The van der Waals surface area contributed by atoms with E-state index in [0.717, 1.165) is 16.0 Å². The maximum Gasteiger partial charge on any atom is 0.359 e. The number of amides is 1. The highest BCUT2D eigenvalue weighted by Gasteiger charge is 2.23. The predicted octanol–water partition coefficient (Wildman–Crippen LogP) is 3.66. The van der Waals surface area contributed by atoms with Crippen molar-refractivity contribution >= 4 is 39.0 Å². The summed E-state index contributed by atoms with van der Waals surface area (Å²) in [4.78, 5) is 38.8. The molecule has 1 N–H and O–H groups in total. The zero-order valence-corrected chi connectivity index (χ0v) is 20.6. The molecule has 0 radical (unpaired) electrons. The van der Waals surface area contributed by atoms with Gasteiger partial charge >= 0.3 is 5.97 Å². The first-order chi connectivity index (χ1) is 17.4. The van der Waals surface area contributed by atoms with Crippen LogP contribution in [0.4, 0.5) is 5.00 Å². The third-order valence-corrected chi connectivity index (χ3v) is 5.98. The first-order valence-electron chi connectivity index (χ1n) is 10.9. The Kier molecular flexibility index (Phi) is 7.50. The number of ether oxygens (including phenoxy) is 4. The molecule has 0 spiro atoms. The molecule has 4 rings (SSSR count). The molecule has 0 aliphatic heterocycles. The Balaban J connectivity index is 1.70. The lowest BCUT2D eigenvalue weighted by atomic mass is 10.2. The predicted molar refractivity (Wildman–Crippen MR) is 135 cm³/mol. The fraction of sp³-hybridized carbons (Fsp3) is 0.200. The molecule has 0 atom stereocenters. The average Bonchev–Trinajstić information content (AvgIpc) is 3.32. The van der Waals surface area contributed by atoms with E-state index in [-0.39, 0.29) is 34.7 Å². The SMILES string of the molecule is CCOC(=O)c1nn(-c2cccc(OC)c2)c(=O)c2c(NC(=O)COc3cccc(OC)c3)scc12. The van der Waals surface area contributed by atoms with Gasteiger partial charge in [-0.15, -0.1) is 11.3 Å². The topological polar surface area (TPSA) is 118 Å². The summed E-state index contributed by atoms with van der Waals surface area (Å²) in [7, 11) is 3.04. The van der Waals surface area contributed by atoms with Gasteiger partial charge in [0.1, 0.15) is 22.2 Å². The van der Waals surface area contributed by atoms with Crippen molar-refractivity contribution in [1.29, 1.82) is 0 Å². The summed E-state index contributed by atoms with van der Waals surface area (Å²) >= 11 is 1.10. The van der Waals surface area contributed by atoms with E-state index in [4.69, 9.17) is 18.9 Å². The monoisotopic (exact) mass is 509 g/mol. The number of carbonyl (C=O) groups is 2. The third kappa shape index (κ3) is 5.15. The number of methoxy groups -OCH3 is 2. The van der Waals surface area contributed by atoms with Gasteiger partial charge in [-0.2, -0.15) is 9.78 Å². The third-order valence-electron chi connectivity index (χ3n) is 5.08. The van der Waals surface area contributed by atoms with Gasteiger partial charge in [0.05, 0.1) is 31.9 Å². The number of thiophene rings is 1. The number of carbonyl (C=O) groups excluding carboxylic acids is 2. The van der Waals surface area contributed by atoms with E-state index in [9.17, 15) is 14.4 Å². The lowest BCUT2D eigenvalue weighted by Crippen LogP contribution is -2.26. The molecule has 10 nitrogen and oxygen atoms in total. The molecule has 0 unspecified atom stereocenters. The number of nitrogens with zero attached hydrogens (tertiary/aromatic N) is 2. The maximum absolute atomic E-state index is 13.5. The van der Waals surface area contributed by atoms with Crippen molar-refractivity contribution < 1.29 is 28.5 Å². The number of aromatic nitrogens is 2. The summed E-state index contributed by atoms with van der Waals surface area (Å²) in [6.45, 7) is 1.51. The highest BCUT2D eigenvalue weighted by Crippen LogP contribution is 2.31. The molecule has 0 bridgehead atoms. The molecule has 186 valence electrons. The van der Waals surface area contributed by atoms with Crippen LogP contribution in [0.1, 0.15) is 17.4 Å². The van der Waals surface area contributed by atoms with Crippen molar-refractivity contribution in [2.24, 2.45) is 0 Å². The molecule has 2 aromatic carbocycles. The van der Waals surface area contributed by atoms with Gasteiger partial charge in [0.2, 0.25) is 0 Å². The van der Waals surface area contributed by atoms with Crippen molar-refractivity contribution in [2.75, 3.05) is 32.8 Å². The molecular weight excluding hydrogens is 486 g/mol. The zero-order valence-electron chi connectivity index (χ0n) is 19.8. The van der Waals surface area contributed by atoms with Gasteiger partial charge in [-0.05, 0) is 31.2 Å². The standard InChI is InChI=1S/C25H23N3O7S/c1-4-34-25(31)22-19-14-36-23(26-20(29)13-35-18-10-6-9-17(12-18)33-3)21(19)24(30)28(27-22)15-7-5-8-16(11-15)32-2/h5-12,14H,4,13H2,1-3H3,(H,26,29). The number of hydrogen-bond acceptors (Lipinski definition) is 9. The zero-order chi connectivity index (χ0) is 25.7. The van der Waals surface area contributed by atoms with Crippen LogP contribution in [-0.2, 0) is 9.53 Å². The fourth-order valence-corrected chi connectivity index (χ4v) is 4.36. The molecule has 0 aliphatic carbocycles. The van der Waals surface area contributed by atoms with Crippen LogP contribution in [0.5, 0.6) is 17.2 Å². The molecule has 2 heterocycles. The molecular formula is C25H23N3O7S. The lowest BCUT2D eigenvalue weighted by molar-refractivity contribution is -0.118. The average molecular weight is 510 g/mol. The Morgan fingerprint density at radius 3 is 2.44 bits per heavy atom. The number of nitrogens with one attached hydrogen (secondary N) is 1. The summed E-state index contributed by atoms with van der Waals surface area (Å²) in [5.41, 5.74) is -0.174. The van der Waals surface area contributed by atoms with Crippen LogP contribution in [0.15, 0.2) is 58.7 Å².